The lowest BCUT2D eigenvalue weighted by molar-refractivity contribution is 0.00738. The minimum Gasteiger partial charge on any atom is -0.489 e. The van der Waals surface area contributed by atoms with Gasteiger partial charge in [-0.2, -0.15) is 15.2 Å². The minimum absolute atomic E-state index is 0.0367. The first kappa shape index (κ1) is 31.7. The van der Waals surface area contributed by atoms with Gasteiger partial charge in [-0.3, -0.25) is 4.90 Å². The van der Waals surface area contributed by atoms with E-state index in [1.807, 2.05) is 13.0 Å². The third kappa shape index (κ3) is 4.78. The molecular formula is C34H34ClF3N6O3S. The smallest absolute Gasteiger partial charge is 0.319 e. The zero-order valence-corrected chi connectivity index (χ0v) is 28.1. The SMILES string of the molecule is COC1(C)CCCC2COc3c(Cl)c(-c4ccc(F)c5sc(N)c(C#N)c45)c(F)c4nc(OC[C@@]56CCCN5C[C@H](F)C6)nc(c34)N2C1. The highest BCUT2D eigenvalue weighted by Gasteiger charge is 2.49. The average Bonchev–Trinajstić information content (AvgIpc) is 3.63. The number of methoxy groups -OCH3 is 1. The highest BCUT2D eigenvalue weighted by atomic mass is 35.5. The molecule has 14 heteroatoms. The lowest BCUT2D eigenvalue weighted by Gasteiger charge is -2.35. The van der Waals surface area contributed by atoms with Crippen LogP contribution in [0.1, 0.15) is 51.0 Å². The fourth-order valence-corrected chi connectivity index (χ4v) is 9.52. The van der Waals surface area contributed by atoms with Crippen molar-refractivity contribution in [2.45, 2.75) is 68.8 Å². The number of anilines is 2. The van der Waals surface area contributed by atoms with E-state index in [-0.39, 0.29) is 78.7 Å². The van der Waals surface area contributed by atoms with Crippen LogP contribution >= 0.6 is 22.9 Å². The number of rotatable bonds is 5. The number of nitrogens with zero attached hydrogens (tertiary/aromatic N) is 5. The first-order valence-corrected chi connectivity index (χ1v) is 17.4. The molecule has 8 rings (SSSR count). The zero-order valence-electron chi connectivity index (χ0n) is 26.5. The lowest BCUT2D eigenvalue weighted by Crippen LogP contribution is -2.46. The number of hydrogen-bond acceptors (Lipinski definition) is 10. The van der Waals surface area contributed by atoms with Crippen molar-refractivity contribution in [2.24, 2.45) is 0 Å². The van der Waals surface area contributed by atoms with Crippen molar-refractivity contribution in [3.8, 4) is 29.0 Å². The van der Waals surface area contributed by atoms with Gasteiger partial charge in [0, 0.05) is 37.6 Å². The van der Waals surface area contributed by atoms with Crippen LogP contribution in [0.15, 0.2) is 12.1 Å². The van der Waals surface area contributed by atoms with E-state index in [1.165, 1.54) is 12.1 Å². The molecule has 2 aromatic carbocycles. The number of thiophene rings is 1. The second-order valence-corrected chi connectivity index (χ2v) is 15.1. The highest BCUT2D eigenvalue weighted by molar-refractivity contribution is 7.23. The fourth-order valence-electron chi connectivity index (χ4n) is 8.24. The maximum absolute atomic E-state index is 17.3. The molecule has 0 saturated carbocycles. The van der Waals surface area contributed by atoms with Crippen LogP contribution in [0.5, 0.6) is 11.8 Å². The summed E-state index contributed by atoms with van der Waals surface area (Å²) in [5.41, 5.74) is 5.16. The van der Waals surface area contributed by atoms with E-state index in [2.05, 4.69) is 14.8 Å². The van der Waals surface area contributed by atoms with Gasteiger partial charge in [-0.25, -0.2) is 13.2 Å². The number of nitriles is 1. The van der Waals surface area contributed by atoms with Crippen LogP contribution in [0, 0.1) is 23.0 Å². The van der Waals surface area contributed by atoms with Crippen LogP contribution in [-0.4, -0.2) is 78.2 Å². The Morgan fingerprint density at radius 3 is 2.85 bits per heavy atom. The van der Waals surface area contributed by atoms with Gasteiger partial charge in [0.25, 0.3) is 0 Å². The fraction of sp³-hybridized carbons (Fsp3) is 0.500. The molecule has 4 aliphatic heterocycles. The monoisotopic (exact) mass is 698 g/mol. The Bertz CT molecular complexity index is 2020. The van der Waals surface area contributed by atoms with Gasteiger partial charge in [-0.15, -0.1) is 11.3 Å². The maximum atomic E-state index is 17.3. The molecule has 0 amide bonds. The summed E-state index contributed by atoms with van der Waals surface area (Å²) in [5.74, 6) is -0.795. The Labute approximate surface area is 284 Å². The Kier molecular flexibility index (Phi) is 7.60. The van der Waals surface area contributed by atoms with Crippen molar-refractivity contribution < 1.29 is 27.4 Å². The zero-order chi connectivity index (χ0) is 33.5. The van der Waals surface area contributed by atoms with Crippen molar-refractivity contribution in [1.29, 1.82) is 5.26 Å². The van der Waals surface area contributed by atoms with E-state index < -0.39 is 28.9 Å². The van der Waals surface area contributed by atoms with Gasteiger partial charge < -0.3 is 24.8 Å². The molecule has 4 aromatic rings. The number of halogens is 4. The molecule has 9 nitrogen and oxygen atoms in total. The molecule has 4 aliphatic rings. The van der Waals surface area contributed by atoms with Crippen LogP contribution in [0.25, 0.3) is 32.1 Å². The molecule has 2 aromatic heterocycles. The van der Waals surface area contributed by atoms with Crippen LogP contribution in [-0.2, 0) is 4.74 Å². The third-order valence-corrected chi connectivity index (χ3v) is 12.1. The summed E-state index contributed by atoms with van der Waals surface area (Å²) in [6.07, 6.45) is 3.56. The number of hydrogen-bond donors (Lipinski definition) is 1. The van der Waals surface area contributed by atoms with Crippen LogP contribution < -0.4 is 20.1 Å². The normalized spacial score (nSPS) is 27.0. The van der Waals surface area contributed by atoms with Gasteiger partial charge in [0.1, 0.15) is 47.6 Å². The van der Waals surface area contributed by atoms with Gasteiger partial charge in [0.2, 0.25) is 0 Å². The van der Waals surface area contributed by atoms with Crippen molar-refractivity contribution >= 4 is 54.7 Å². The summed E-state index contributed by atoms with van der Waals surface area (Å²) in [5, 5.41) is 10.5. The topological polar surface area (TPSA) is 110 Å². The number of alkyl halides is 1. The van der Waals surface area contributed by atoms with E-state index in [9.17, 15) is 9.65 Å². The Morgan fingerprint density at radius 2 is 2.06 bits per heavy atom. The van der Waals surface area contributed by atoms with E-state index in [0.717, 1.165) is 50.0 Å². The average molecular weight is 699 g/mol. The molecule has 0 bridgehead atoms. The molecule has 0 aliphatic carbocycles. The van der Waals surface area contributed by atoms with E-state index in [1.54, 1.807) is 7.11 Å². The van der Waals surface area contributed by atoms with Crippen molar-refractivity contribution in [3.05, 3.63) is 34.4 Å². The molecule has 2 N–H and O–H groups in total. The number of aromatic nitrogens is 2. The van der Waals surface area contributed by atoms with Crippen molar-refractivity contribution in [2.75, 3.05) is 50.6 Å². The van der Waals surface area contributed by atoms with E-state index in [4.69, 9.17) is 36.5 Å². The van der Waals surface area contributed by atoms with Gasteiger partial charge >= 0.3 is 6.01 Å². The molecule has 252 valence electrons. The summed E-state index contributed by atoms with van der Waals surface area (Å²) in [6.45, 7) is 4.02. The highest BCUT2D eigenvalue weighted by Crippen LogP contribution is 2.52. The van der Waals surface area contributed by atoms with Gasteiger partial charge in [0.15, 0.2) is 11.6 Å². The number of fused-ring (bicyclic) bond motifs is 4. The van der Waals surface area contributed by atoms with Crippen molar-refractivity contribution in [1.82, 2.24) is 14.9 Å². The predicted molar refractivity (Wildman–Crippen MR) is 179 cm³/mol. The molecule has 0 radical (unpaired) electrons. The van der Waals surface area contributed by atoms with Crippen LogP contribution in [0.3, 0.4) is 0 Å². The predicted octanol–water partition coefficient (Wildman–Crippen LogP) is 7.01. The summed E-state index contributed by atoms with van der Waals surface area (Å²) < 4.78 is 65.7. The lowest BCUT2D eigenvalue weighted by atomic mass is 9.95. The Balaban J connectivity index is 1.36. The molecular weight excluding hydrogens is 665 g/mol. The molecule has 48 heavy (non-hydrogen) atoms. The maximum Gasteiger partial charge on any atom is 0.319 e. The Hall–Kier alpha value is -3.57. The summed E-state index contributed by atoms with van der Waals surface area (Å²) in [4.78, 5) is 13.7. The number of nitrogens with two attached hydrogens (primary N) is 1. The summed E-state index contributed by atoms with van der Waals surface area (Å²) >= 11 is 8.00. The minimum atomic E-state index is -0.945. The molecule has 3 fully saturated rings. The standard InChI is InChI=1S/C34H34ClF3N6O3S/c1-33(45-2)8-3-5-18-14-46-28-24-27(26(38)23(25(28)35)19-6-7-21(37)29-22(19)20(12-39)30(40)48-29)41-32(42-31(24)44(18)15-33)47-16-34-9-4-10-43(34)13-17(36)11-34/h6-7,17-18H,3-5,8-11,13-16,40H2,1-2H3/t17-,18?,33?,34+/m1/s1. The Morgan fingerprint density at radius 1 is 1.23 bits per heavy atom. The first-order chi connectivity index (χ1) is 23.1. The van der Waals surface area contributed by atoms with Gasteiger partial charge in [0.05, 0.1) is 37.9 Å². The number of benzene rings is 2. The molecule has 2 unspecified atom stereocenters. The summed E-state index contributed by atoms with van der Waals surface area (Å²) in [6, 6.07) is 4.44. The molecule has 0 spiro atoms. The molecule has 6 heterocycles. The first-order valence-electron chi connectivity index (χ1n) is 16.2. The quantitative estimate of drug-likeness (QED) is 0.235. The van der Waals surface area contributed by atoms with Crippen LogP contribution in [0.4, 0.5) is 24.0 Å². The second kappa shape index (κ2) is 11.5. The van der Waals surface area contributed by atoms with Crippen molar-refractivity contribution in [3.63, 3.8) is 0 Å². The number of nitrogen functional groups attached to an aromatic ring is 1. The third-order valence-electron chi connectivity index (χ3n) is 10.7. The van der Waals surface area contributed by atoms with Crippen LogP contribution in [0.2, 0.25) is 5.02 Å². The molecule has 4 atom stereocenters. The second-order valence-electron chi connectivity index (χ2n) is 13.6. The number of ether oxygens (including phenoxy) is 3. The summed E-state index contributed by atoms with van der Waals surface area (Å²) in [7, 11) is 1.68. The molecule has 3 saturated heterocycles. The largest absolute Gasteiger partial charge is 0.489 e. The van der Waals surface area contributed by atoms with E-state index >= 15 is 8.78 Å². The van der Waals surface area contributed by atoms with Gasteiger partial charge in [-0.1, -0.05) is 17.7 Å². The van der Waals surface area contributed by atoms with E-state index in [0.29, 0.717) is 25.3 Å². The van der Waals surface area contributed by atoms with Gasteiger partial charge in [-0.05, 0) is 57.2 Å².